The number of hydrogen-bond acceptors (Lipinski definition) is 6. The zero-order chi connectivity index (χ0) is 26.9. The van der Waals surface area contributed by atoms with Crippen molar-refractivity contribution in [1.82, 2.24) is 15.4 Å². The lowest BCUT2D eigenvalue weighted by atomic mass is 9.98. The minimum Gasteiger partial charge on any atom is -0.449 e. The van der Waals surface area contributed by atoms with Gasteiger partial charge in [0, 0.05) is 42.3 Å². The number of rotatable bonds is 7. The average Bonchev–Trinajstić information content (AvgIpc) is 3.61. The van der Waals surface area contributed by atoms with Crippen LogP contribution in [0.1, 0.15) is 35.4 Å². The van der Waals surface area contributed by atoms with Gasteiger partial charge in [-0.25, -0.2) is 9.59 Å². The summed E-state index contributed by atoms with van der Waals surface area (Å²) in [6.07, 6.45) is 0.940. The summed E-state index contributed by atoms with van der Waals surface area (Å²) in [5.41, 5.74) is 5.95. The first kappa shape index (κ1) is 24.4. The fraction of sp³-hybridized carbons (Fsp3) is 0.200. The molecule has 3 amide bonds. The molecule has 1 saturated heterocycles. The molecule has 1 atom stereocenters. The van der Waals surface area contributed by atoms with Crippen LogP contribution >= 0.6 is 0 Å². The summed E-state index contributed by atoms with van der Waals surface area (Å²) in [5, 5.41) is 3.95. The van der Waals surface area contributed by atoms with E-state index >= 15 is 0 Å². The number of imide groups is 1. The molecule has 1 aromatic heterocycles. The molecule has 1 fully saturated rings. The molecule has 6 rings (SSSR count). The van der Waals surface area contributed by atoms with E-state index in [1.165, 1.54) is 0 Å². The fourth-order valence-corrected chi connectivity index (χ4v) is 5.31. The molecule has 4 aromatic rings. The molecular formula is C30H25N3O6. The number of amides is 3. The predicted molar refractivity (Wildman–Crippen MR) is 141 cm³/mol. The number of para-hydroxylation sites is 1. The van der Waals surface area contributed by atoms with E-state index in [2.05, 4.69) is 10.3 Å². The Labute approximate surface area is 223 Å². The molecule has 1 aliphatic heterocycles. The Balaban J connectivity index is 1.20. The van der Waals surface area contributed by atoms with Crippen molar-refractivity contribution in [2.45, 2.75) is 31.2 Å². The Morgan fingerprint density at radius 3 is 2.21 bits per heavy atom. The number of benzene rings is 3. The van der Waals surface area contributed by atoms with Crippen molar-refractivity contribution in [2.24, 2.45) is 0 Å². The van der Waals surface area contributed by atoms with Gasteiger partial charge in [0.1, 0.15) is 12.6 Å². The summed E-state index contributed by atoms with van der Waals surface area (Å²) in [4.78, 5) is 58.4. The van der Waals surface area contributed by atoms with E-state index in [-0.39, 0.29) is 31.8 Å². The van der Waals surface area contributed by atoms with Gasteiger partial charge in [-0.05, 0) is 33.9 Å². The van der Waals surface area contributed by atoms with Gasteiger partial charge in [0.15, 0.2) is 0 Å². The monoisotopic (exact) mass is 523 g/mol. The number of hydrogen-bond donors (Lipinski definition) is 2. The number of hydroxylamine groups is 2. The Kier molecular flexibility index (Phi) is 6.32. The van der Waals surface area contributed by atoms with Gasteiger partial charge in [0.2, 0.25) is 0 Å². The number of carbonyl (C=O) groups is 4. The number of nitrogens with zero attached hydrogens (tertiary/aromatic N) is 1. The largest absolute Gasteiger partial charge is 0.449 e. The second-order valence-corrected chi connectivity index (χ2v) is 9.58. The zero-order valence-electron chi connectivity index (χ0n) is 20.9. The summed E-state index contributed by atoms with van der Waals surface area (Å²) in [5.74, 6) is -2.28. The molecule has 0 saturated carbocycles. The average molecular weight is 524 g/mol. The van der Waals surface area contributed by atoms with Crippen molar-refractivity contribution >= 4 is 34.8 Å². The predicted octanol–water partition coefficient (Wildman–Crippen LogP) is 4.22. The zero-order valence-corrected chi connectivity index (χ0v) is 20.9. The van der Waals surface area contributed by atoms with Gasteiger partial charge in [0.25, 0.3) is 11.8 Å². The normalized spacial score (nSPS) is 15.2. The van der Waals surface area contributed by atoms with E-state index in [4.69, 9.17) is 9.57 Å². The minimum atomic E-state index is -1.21. The molecule has 9 heteroatoms. The van der Waals surface area contributed by atoms with Crippen molar-refractivity contribution in [3.05, 3.63) is 95.7 Å². The van der Waals surface area contributed by atoms with Gasteiger partial charge in [-0.3, -0.25) is 9.59 Å². The van der Waals surface area contributed by atoms with E-state index in [1.54, 1.807) is 6.20 Å². The molecule has 0 radical (unpaired) electrons. The number of aromatic nitrogens is 1. The molecule has 9 nitrogen and oxygen atoms in total. The van der Waals surface area contributed by atoms with Crippen LogP contribution in [0, 0.1) is 0 Å². The highest BCUT2D eigenvalue weighted by atomic mass is 16.7. The summed E-state index contributed by atoms with van der Waals surface area (Å²) >= 11 is 0. The first-order valence-corrected chi connectivity index (χ1v) is 12.7. The van der Waals surface area contributed by atoms with Crippen molar-refractivity contribution in [3.63, 3.8) is 0 Å². The highest BCUT2D eigenvalue weighted by Crippen LogP contribution is 2.44. The highest BCUT2D eigenvalue weighted by Gasteiger charge is 2.36. The molecule has 1 aliphatic carbocycles. The van der Waals surface area contributed by atoms with Crippen LogP contribution in [-0.4, -0.2) is 46.6 Å². The highest BCUT2D eigenvalue weighted by molar-refractivity contribution is 6.02. The minimum absolute atomic E-state index is 0.0287. The van der Waals surface area contributed by atoms with Gasteiger partial charge in [0.05, 0.1) is 0 Å². The van der Waals surface area contributed by atoms with E-state index < -0.39 is 29.9 Å². The van der Waals surface area contributed by atoms with E-state index in [1.807, 2.05) is 72.8 Å². The Bertz CT molecular complexity index is 1550. The first-order valence-electron chi connectivity index (χ1n) is 12.7. The molecule has 0 unspecified atom stereocenters. The van der Waals surface area contributed by atoms with Crippen molar-refractivity contribution in [3.8, 4) is 11.1 Å². The number of H-pyrrole nitrogens is 1. The maximum absolute atomic E-state index is 13.1. The van der Waals surface area contributed by atoms with E-state index in [9.17, 15) is 19.2 Å². The quantitative estimate of drug-likeness (QED) is 0.350. The lowest BCUT2D eigenvalue weighted by Gasteiger charge is -2.21. The second kappa shape index (κ2) is 10.1. The van der Waals surface area contributed by atoms with Gasteiger partial charge in [-0.15, -0.1) is 5.06 Å². The molecule has 3 aromatic carbocycles. The van der Waals surface area contributed by atoms with E-state index in [0.29, 0.717) is 5.06 Å². The SMILES string of the molecule is O=C(N[C@H](Cc1c[nH]c2ccccc12)C(=O)ON1C(=O)CCC1=O)OCC1c2ccccc2-c2ccccc21. The number of alkyl carbamates (subject to hydrolysis) is 1. The summed E-state index contributed by atoms with van der Waals surface area (Å²) in [7, 11) is 0. The number of fused-ring (bicyclic) bond motifs is 4. The van der Waals surface area contributed by atoms with Crippen LogP contribution < -0.4 is 5.32 Å². The van der Waals surface area contributed by atoms with Crippen LogP contribution in [0.25, 0.3) is 22.0 Å². The maximum Gasteiger partial charge on any atom is 0.407 e. The molecule has 2 heterocycles. The fourth-order valence-electron chi connectivity index (χ4n) is 5.31. The van der Waals surface area contributed by atoms with Gasteiger partial charge in [-0.1, -0.05) is 66.7 Å². The molecule has 0 bridgehead atoms. The van der Waals surface area contributed by atoms with Crippen LogP contribution in [0.2, 0.25) is 0 Å². The molecular weight excluding hydrogens is 498 g/mol. The molecule has 0 spiro atoms. The molecule has 39 heavy (non-hydrogen) atoms. The lowest BCUT2D eigenvalue weighted by Crippen LogP contribution is -2.46. The standard InChI is InChI=1S/C30H25N3O6/c34-27-13-14-28(35)33(27)39-29(36)26(15-18-16-31-25-12-6-5-7-19(18)25)32-30(37)38-17-24-22-10-3-1-8-20(22)21-9-2-4-11-23(21)24/h1-12,16,24,26,31H,13-15,17H2,(H,32,37)/t26-/m1/s1. The molecule has 2 N–H and O–H groups in total. The summed E-state index contributed by atoms with van der Waals surface area (Å²) in [6.45, 7) is 0.0673. The number of nitrogens with one attached hydrogen (secondary N) is 2. The topological polar surface area (TPSA) is 118 Å². The van der Waals surface area contributed by atoms with Crippen molar-refractivity contribution in [2.75, 3.05) is 6.61 Å². The second-order valence-electron chi connectivity index (χ2n) is 9.58. The number of ether oxygens (including phenoxy) is 1. The van der Waals surface area contributed by atoms with Crippen LogP contribution in [-0.2, 0) is 30.4 Å². The number of aromatic amines is 1. The third kappa shape index (κ3) is 4.63. The van der Waals surface area contributed by atoms with Crippen LogP contribution in [0.3, 0.4) is 0 Å². The molecule has 196 valence electrons. The van der Waals surface area contributed by atoms with Gasteiger partial charge >= 0.3 is 12.1 Å². The third-order valence-electron chi connectivity index (χ3n) is 7.21. The lowest BCUT2D eigenvalue weighted by molar-refractivity contribution is -0.198. The Morgan fingerprint density at radius 1 is 0.897 bits per heavy atom. The summed E-state index contributed by atoms with van der Waals surface area (Å²) < 4.78 is 5.63. The van der Waals surface area contributed by atoms with Crippen molar-refractivity contribution < 1.29 is 28.8 Å². The van der Waals surface area contributed by atoms with Gasteiger partial charge < -0.3 is 19.9 Å². The summed E-state index contributed by atoms with van der Waals surface area (Å²) in [6, 6.07) is 22.3. The van der Waals surface area contributed by atoms with Crippen LogP contribution in [0.4, 0.5) is 4.79 Å². The smallest absolute Gasteiger partial charge is 0.407 e. The molecule has 2 aliphatic rings. The third-order valence-corrected chi connectivity index (χ3v) is 7.21. The maximum atomic E-state index is 13.1. The van der Waals surface area contributed by atoms with Crippen molar-refractivity contribution in [1.29, 1.82) is 0 Å². The Hall–Kier alpha value is -4.92. The van der Waals surface area contributed by atoms with Gasteiger partial charge in [-0.2, -0.15) is 0 Å². The first-order chi connectivity index (χ1) is 19.0. The van der Waals surface area contributed by atoms with E-state index in [0.717, 1.165) is 38.7 Å². The van der Waals surface area contributed by atoms with Crippen LogP contribution in [0.15, 0.2) is 79.0 Å². The number of carbonyl (C=O) groups excluding carboxylic acids is 4. The van der Waals surface area contributed by atoms with Crippen LogP contribution in [0.5, 0.6) is 0 Å². The Morgan fingerprint density at radius 2 is 1.51 bits per heavy atom.